The minimum Gasteiger partial charge on any atom is -0.289 e. The van der Waals surface area contributed by atoms with Gasteiger partial charge in [-0.3, -0.25) is 4.79 Å². The zero-order chi connectivity index (χ0) is 14.7. The summed E-state index contributed by atoms with van der Waals surface area (Å²) in [6, 6.07) is 10.3. The van der Waals surface area contributed by atoms with Gasteiger partial charge in [0.1, 0.15) is 5.82 Å². The molecule has 0 radical (unpaired) electrons. The zero-order valence-electron chi connectivity index (χ0n) is 11.5. The van der Waals surface area contributed by atoms with Crippen molar-refractivity contribution in [3.8, 4) is 0 Å². The van der Waals surface area contributed by atoms with Gasteiger partial charge < -0.3 is 0 Å². The van der Waals surface area contributed by atoms with E-state index in [1.807, 2.05) is 41.6 Å². The van der Waals surface area contributed by atoms with E-state index in [0.29, 0.717) is 9.13 Å². The summed E-state index contributed by atoms with van der Waals surface area (Å²) in [5.74, 6) is -0.342. The highest BCUT2D eigenvalue weighted by Crippen LogP contribution is 2.22. The molecule has 2 rings (SSSR count). The van der Waals surface area contributed by atoms with Gasteiger partial charge in [-0.2, -0.15) is 0 Å². The second-order valence-corrected chi connectivity index (χ2v) is 5.81. The molecule has 0 fully saturated rings. The Balaban J connectivity index is 2.51. The number of carbonyl (C=O) groups excluding carboxylic acids is 1. The number of hydrogen-bond donors (Lipinski definition) is 0. The molecule has 0 heterocycles. The second-order valence-electron chi connectivity index (χ2n) is 4.65. The fraction of sp³-hybridized carbons (Fsp3) is 0.235. The minimum atomic E-state index is -0.316. The summed E-state index contributed by atoms with van der Waals surface area (Å²) >= 11 is 2.01. The van der Waals surface area contributed by atoms with Crippen LogP contribution in [-0.2, 0) is 12.8 Å². The maximum absolute atomic E-state index is 13.2. The maximum atomic E-state index is 13.2. The fourth-order valence-corrected chi connectivity index (χ4v) is 2.90. The van der Waals surface area contributed by atoms with Crippen LogP contribution in [0.4, 0.5) is 4.39 Å². The summed E-state index contributed by atoms with van der Waals surface area (Å²) in [5.41, 5.74) is 3.47. The molecule has 0 bridgehead atoms. The van der Waals surface area contributed by atoms with Gasteiger partial charge in [0.25, 0.3) is 0 Å². The first kappa shape index (κ1) is 15.2. The largest absolute Gasteiger partial charge is 0.289 e. The molecule has 20 heavy (non-hydrogen) atoms. The molecule has 0 N–H and O–H groups in total. The number of benzene rings is 2. The van der Waals surface area contributed by atoms with Crippen molar-refractivity contribution in [1.29, 1.82) is 0 Å². The average molecular weight is 382 g/mol. The van der Waals surface area contributed by atoms with Gasteiger partial charge in [-0.1, -0.05) is 26.0 Å². The molecule has 2 aromatic rings. The van der Waals surface area contributed by atoms with Crippen LogP contribution in [0.5, 0.6) is 0 Å². The molecule has 0 amide bonds. The van der Waals surface area contributed by atoms with Crippen molar-refractivity contribution < 1.29 is 9.18 Å². The summed E-state index contributed by atoms with van der Waals surface area (Å²) in [4.78, 5) is 12.7. The van der Waals surface area contributed by atoms with E-state index in [0.717, 1.165) is 29.5 Å². The molecular weight excluding hydrogens is 366 g/mol. The second kappa shape index (κ2) is 6.48. The number of halogens is 2. The Morgan fingerprint density at radius 2 is 1.80 bits per heavy atom. The highest BCUT2D eigenvalue weighted by molar-refractivity contribution is 14.1. The number of hydrogen-bond acceptors (Lipinski definition) is 1. The first-order valence-electron chi connectivity index (χ1n) is 6.68. The summed E-state index contributed by atoms with van der Waals surface area (Å²) in [6.07, 6.45) is 1.70. The molecule has 0 saturated carbocycles. The van der Waals surface area contributed by atoms with Gasteiger partial charge in [0, 0.05) is 14.7 Å². The first-order valence-corrected chi connectivity index (χ1v) is 7.76. The quantitative estimate of drug-likeness (QED) is 0.549. The van der Waals surface area contributed by atoms with E-state index in [9.17, 15) is 9.18 Å². The Morgan fingerprint density at radius 1 is 1.05 bits per heavy atom. The van der Waals surface area contributed by atoms with E-state index in [1.165, 1.54) is 12.1 Å². The third-order valence-electron chi connectivity index (χ3n) is 3.38. The number of carbonyl (C=O) groups is 1. The lowest BCUT2D eigenvalue weighted by Gasteiger charge is -2.10. The van der Waals surface area contributed by atoms with Crippen LogP contribution in [0.3, 0.4) is 0 Å². The normalized spacial score (nSPS) is 10.6. The standard InChI is InChI=1S/C17H16FIO/c1-3-11-5-6-12(4-2)15(9-11)17(20)14-8-7-13(18)10-16(14)19/h5-10H,3-4H2,1-2H3. The van der Waals surface area contributed by atoms with Crippen molar-refractivity contribution >= 4 is 28.4 Å². The van der Waals surface area contributed by atoms with E-state index in [1.54, 1.807) is 6.07 Å². The average Bonchev–Trinajstić information content (AvgIpc) is 2.46. The SMILES string of the molecule is CCc1ccc(CC)c(C(=O)c2ccc(F)cc2I)c1. The summed E-state index contributed by atoms with van der Waals surface area (Å²) in [6.45, 7) is 4.10. The van der Waals surface area contributed by atoms with Gasteiger partial charge in [-0.15, -0.1) is 0 Å². The summed E-state index contributed by atoms with van der Waals surface area (Å²) < 4.78 is 13.8. The molecule has 0 aliphatic heterocycles. The minimum absolute atomic E-state index is 0.0263. The molecule has 0 saturated heterocycles. The molecule has 104 valence electrons. The first-order chi connectivity index (χ1) is 9.56. The number of rotatable bonds is 4. The van der Waals surface area contributed by atoms with Gasteiger partial charge in [-0.05, 0) is 70.8 Å². The molecular formula is C17H16FIO. The smallest absolute Gasteiger partial charge is 0.194 e. The number of ketones is 1. The van der Waals surface area contributed by atoms with Crippen LogP contribution < -0.4 is 0 Å². The van der Waals surface area contributed by atoms with Gasteiger partial charge >= 0.3 is 0 Å². The van der Waals surface area contributed by atoms with Crippen LogP contribution in [-0.4, -0.2) is 5.78 Å². The molecule has 0 aromatic heterocycles. The molecule has 0 spiro atoms. The maximum Gasteiger partial charge on any atom is 0.194 e. The fourth-order valence-electron chi connectivity index (χ4n) is 2.18. The van der Waals surface area contributed by atoms with E-state index >= 15 is 0 Å². The van der Waals surface area contributed by atoms with Gasteiger partial charge in [0.2, 0.25) is 0 Å². The highest BCUT2D eigenvalue weighted by atomic mass is 127. The Hall–Kier alpha value is -1.23. The Bertz CT molecular complexity index is 649. The Labute approximate surface area is 132 Å². The third-order valence-corrected chi connectivity index (χ3v) is 4.28. The van der Waals surface area contributed by atoms with Crippen molar-refractivity contribution in [2.45, 2.75) is 26.7 Å². The van der Waals surface area contributed by atoms with Gasteiger partial charge in [0.15, 0.2) is 5.78 Å². The van der Waals surface area contributed by atoms with Crippen molar-refractivity contribution in [2.75, 3.05) is 0 Å². The van der Waals surface area contributed by atoms with Crippen molar-refractivity contribution in [1.82, 2.24) is 0 Å². The van der Waals surface area contributed by atoms with Crippen LogP contribution >= 0.6 is 22.6 Å². The van der Waals surface area contributed by atoms with E-state index < -0.39 is 0 Å². The lowest BCUT2D eigenvalue weighted by atomic mass is 9.94. The highest BCUT2D eigenvalue weighted by Gasteiger charge is 2.16. The lowest BCUT2D eigenvalue weighted by Crippen LogP contribution is -2.08. The predicted octanol–water partition coefficient (Wildman–Crippen LogP) is 4.79. The third kappa shape index (κ3) is 3.08. The Kier molecular flexibility index (Phi) is 4.91. The summed E-state index contributed by atoms with van der Waals surface area (Å²) in [5, 5.41) is 0. The van der Waals surface area contributed by atoms with E-state index in [4.69, 9.17) is 0 Å². The Morgan fingerprint density at radius 3 is 2.40 bits per heavy atom. The monoisotopic (exact) mass is 382 g/mol. The lowest BCUT2D eigenvalue weighted by molar-refractivity contribution is 0.103. The number of aryl methyl sites for hydroxylation is 2. The van der Waals surface area contributed by atoms with Crippen LogP contribution in [0, 0.1) is 9.39 Å². The molecule has 2 aromatic carbocycles. The van der Waals surface area contributed by atoms with Crippen molar-refractivity contribution in [3.63, 3.8) is 0 Å². The predicted molar refractivity (Wildman–Crippen MR) is 87.7 cm³/mol. The van der Waals surface area contributed by atoms with Crippen LogP contribution in [0.1, 0.15) is 40.9 Å². The zero-order valence-corrected chi connectivity index (χ0v) is 13.7. The molecule has 3 heteroatoms. The molecule has 0 unspecified atom stereocenters. The van der Waals surface area contributed by atoms with Gasteiger partial charge in [0.05, 0.1) is 0 Å². The van der Waals surface area contributed by atoms with Crippen molar-refractivity contribution in [3.05, 3.63) is 68.0 Å². The molecule has 0 aliphatic rings. The van der Waals surface area contributed by atoms with Crippen LogP contribution in [0.15, 0.2) is 36.4 Å². The summed E-state index contributed by atoms with van der Waals surface area (Å²) in [7, 11) is 0. The molecule has 0 atom stereocenters. The van der Waals surface area contributed by atoms with Crippen LogP contribution in [0.25, 0.3) is 0 Å². The topological polar surface area (TPSA) is 17.1 Å². The van der Waals surface area contributed by atoms with Crippen LogP contribution in [0.2, 0.25) is 0 Å². The van der Waals surface area contributed by atoms with E-state index in [2.05, 4.69) is 13.0 Å². The van der Waals surface area contributed by atoms with Gasteiger partial charge in [-0.25, -0.2) is 4.39 Å². The van der Waals surface area contributed by atoms with Crippen molar-refractivity contribution in [2.24, 2.45) is 0 Å². The molecule has 0 aliphatic carbocycles. The van der Waals surface area contributed by atoms with E-state index in [-0.39, 0.29) is 11.6 Å². The molecule has 1 nitrogen and oxygen atoms in total.